The highest BCUT2D eigenvalue weighted by Crippen LogP contribution is 2.33. The molecule has 1 heterocycles. The van der Waals surface area contributed by atoms with Crippen LogP contribution >= 0.6 is 34.5 Å². The monoisotopic (exact) mass is 335 g/mol. The van der Waals surface area contributed by atoms with Crippen LogP contribution in [0.2, 0.25) is 9.36 Å². The van der Waals surface area contributed by atoms with E-state index >= 15 is 0 Å². The van der Waals surface area contributed by atoms with Gasteiger partial charge in [-0.3, -0.25) is 0 Å². The van der Waals surface area contributed by atoms with Gasteiger partial charge in [-0.05, 0) is 37.2 Å². The van der Waals surface area contributed by atoms with Crippen molar-refractivity contribution in [2.45, 2.75) is 19.4 Å². The van der Waals surface area contributed by atoms with Crippen molar-refractivity contribution in [1.29, 1.82) is 0 Å². The first-order valence-electron chi connectivity index (χ1n) is 6.16. The summed E-state index contributed by atoms with van der Waals surface area (Å²) in [6.45, 7) is 2.69. The number of hydrogen-bond donors (Lipinski definition) is 1. The number of hydrogen-bond acceptors (Lipinski definition) is 2. The van der Waals surface area contributed by atoms with E-state index in [4.69, 9.17) is 23.2 Å². The number of nitrogens with one attached hydrogen (secondary N) is 1. The Labute approximate surface area is 130 Å². The van der Waals surface area contributed by atoms with E-state index in [-0.39, 0.29) is 10.6 Å². The van der Waals surface area contributed by atoms with Crippen molar-refractivity contribution >= 4 is 34.5 Å². The summed E-state index contributed by atoms with van der Waals surface area (Å²) in [5.41, 5.74) is 0.235. The predicted molar refractivity (Wildman–Crippen MR) is 80.8 cm³/mol. The quantitative estimate of drug-likeness (QED) is 0.719. The van der Waals surface area contributed by atoms with Gasteiger partial charge in [-0.2, -0.15) is 0 Å². The summed E-state index contributed by atoms with van der Waals surface area (Å²) >= 11 is 12.9. The molecule has 1 aromatic heterocycles. The summed E-state index contributed by atoms with van der Waals surface area (Å²) in [6.07, 6.45) is 0.882. The van der Waals surface area contributed by atoms with Crippen LogP contribution in [0.1, 0.15) is 29.8 Å². The van der Waals surface area contributed by atoms with Gasteiger partial charge < -0.3 is 5.32 Å². The van der Waals surface area contributed by atoms with Crippen LogP contribution in [-0.2, 0) is 0 Å². The minimum absolute atomic E-state index is 0.218. The SMILES string of the molecule is CCCNC(c1ccc(Cl)s1)c1cc(F)c(Cl)cc1F. The van der Waals surface area contributed by atoms with Crippen LogP contribution in [0.15, 0.2) is 24.3 Å². The molecule has 1 unspecified atom stereocenters. The highest BCUT2D eigenvalue weighted by Gasteiger charge is 2.21. The van der Waals surface area contributed by atoms with Gasteiger partial charge in [0.25, 0.3) is 0 Å². The molecular formula is C14H13Cl2F2NS. The minimum Gasteiger partial charge on any atom is -0.306 e. The second-order valence-corrected chi connectivity index (χ2v) is 6.47. The minimum atomic E-state index is -0.631. The summed E-state index contributed by atoms with van der Waals surface area (Å²) in [5.74, 6) is -1.16. The van der Waals surface area contributed by atoms with Crippen LogP contribution in [0.4, 0.5) is 8.78 Å². The van der Waals surface area contributed by atoms with Gasteiger partial charge in [-0.25, -0.2) is 8.78 Å². The molecule has 108 valence electrons. The summed E-state index contributed by atoms with van der Waals surface area (Å²) in [5, 5.41) is 2.99. The summed E-state index contributed by atoms with van der Waals surface area (Å²) in [7, 11) is 0. The zero-order chi connectivity index (χ0) is 14.7. The van der Waals surface area contributed by atoms with Crippen LogP contribution in [0.3, 0.4) is 0 Å². The third-order valence-electron chi connectivity index (χ3n) is 2.83. The van der Waals surface area contributed by atoms with E-state index in [1.165, 1.54) is 11.3 Å². The maximum Gasteiger partial charge on any atom is 0.142 e. The largest absolute Gasteiger partial charge is 0.306 e. The predicted octanol–water partition coefficient (Wildman–Crippen LogP) is 5.42. The van der Waals surface area contributed by atoms with Crippen molar-refractivity contribution in [3.8, 4) is 0 Å². The van der Waals surface area contributed by atoms with E-state index in [0.29, 0.717) is 10.9 Å². The van der Waals surface area contributed by atoms with Crippen LogP contribution in [0.25, 0.3) is 0 Å². The fraction of sp³-hybridized carbons (Fsp3) is 0.286. The molecule has 0 aliphatic rings. The van der Waals surface area contributed by atoms with Gasteiger partial charge in [-0.1, -0.05) is 30.1 Å². The lowest BCUT2D eigenvalue weighted by Gasteiger charge is -2.18. The second-order valence-electron chi connectivity index (χ2n) is 4.32. The molecular weight excluding hydrogens is 323 g/mol. The summed E-state index contributed by atoms with van der Waals surface area (Å²) in [6, 6.07) is 5.26. The molecule has 2 aromatic rings. The van der Waals surface area contributed by atoms with Crippen molar-refractivity contribution in [3.63, 3.8) is 0 Å². The highest BCUT2D eigenvalue weighted by atomic mass is 35.5. The lowest BCUT2D eigenvalue weighted by atomic mass is 10.0. The van der Waals surface area contributed by atoms with Crippen molar-refractivity contribution in [1.82, 2.24) is 5.32 Å². The number of thiophene rings is 1. The molecule has 1 N–H and O–H groups in total. The van der Waals surface area contributed by atoms with Crippen LogP contribution < -0.4 is 5.32 Å². The van der Waals surface area contributed by atoms with E-state index in [0.717, 1.165) is 23.4 Å². The topological polar surface area (TPSA) is 12.0 Å². The van der Waals surface area contributed by atoms with Crippen molar-refractivity contribution in [2.24, 2.45) is 0 Å². The molecule has 0 fully saturated rings. The molecule has 0 aliphatic heterocycles. The average molecular weight is 336 g/mol. The zero-order valence-corrected chi connectivity index (χ0v) is 13.0. The Morgan fingerprint density at radius 2 is 1.95 bits per heavy atom. The molecule has 1 aromatic carbocycles. The molecule has 0 amide bonds. The van der Waals surface area contributed by atoms with Gasteiger partial charge in [0.1, 0.15) is 11.6 Å². The molecule has 0 saturated carbocycles. The van der Waals surface area contributed by atoms with E-state index in [9.17, 15) is 8.78 Å². The van der Waals surface area contributed by atoms with Crippen molar-refractivity contribution < 1.29 is 8.78 Å². The molecule has 6 heteroatoms. The van der Waals surface area contributed by atoms with Crippen LogP contribution in [0.5, 0.6) is 0 Å². The van der Waals surface area contributed by atoms with Gasteiger partial charge in [0.05, 0.1) is 15.4 Å². The van der Waals surface area contributed by atoms with Gasteiger partial charge in [-0.15, -0.1) is 11.3 Å². The Morgan fingerprint density at radius 3 is 2.55 bits per heavy atom. The fourth-order valence-electron chi connectivity index (χ4n) is 1.90. The second kappa shape index (κ2) is 6.85. The molecule has 20 heavy (non-hydrogen) atoms. The fourth-order valence-corrected chi connectivity index (χ4v) is 3.20. The molecule has 0 spiro atoms. The molecule has 0 radical (unpaired) electrons. The summed E-state index contributed by atoms with van der Waals surface area (Å²) < 4.78 is 28.3. The molecule has 0 bridgehead atoms. The maximum atomic E-state index is 14.1. The van der Waals surface area contributed by atoms with Gasteiger partial charge in [0.15, 0.2) is 0 Å². The number of rotatable bonds is 5. The van der Waals surface area contributed by atoms with Gasteiger partial charge in [0, 0.05) is 10.4 Å². The third kappa shape index (κ3) is 3.50. The van der Waals surface area contributed by atoms with Gasteiger partial charge >= 0.3 is 0 Å². The summed E-state index contributed by atoms with van der Waals surface area (Å²) in [4.78, 5) is 0.837. The van der Waals surface area contributed by atoms with E-state index in [1.54, 1.807) is 6.07 Å². The lowest BCUT2D eigenvalue weighted by Crippen LogP contribution is -2.23. The zero-order valence-electron chi connectivity index (χ0n) is 10.7. The van der Waals surface area contributed by atoms with Crippen LogP contribution in [-0.4, -0.2) is 6.54 Å². The molecule has 0 aliphatic carbocycles. The Hall–Kier alpha value is -0.680. The van der Waals surface area contributed by atoms with Crippen LogP contribution in [0, 0.1) is 11.6 Å². The van der Waals surface area contributed by atoms with Crippen molar-refractivity contribution in [3.05, 3.63) is 55.7 Å². The number of halogens is 4. The standard InChI is InChI=1S/C14H13Cl2F2NS/c1-2-5-19-14(12-3-4-13(16)20-12)8-6-11(18)9(15)7-10(8)17/h3-4,6-7,14,19H,2,5H2,1H3. The maximum absolute atomic E-state index is 14.1. The lowest BCUT2D eigenvalue weighted by molar-refractivity contribution is 0.539. The Kier molecular flexibility index (Phi) is 5.38. The first kappa shape index (κ1) is 15.7. The van der Waals surface area contributed by atoms with Gasteiger partial charge in [0.2, 0.25) is 0 Å². The first-order valence-corrected chi connectivity index (χ1v) is 7.73. The van der Waals surface area contributed by atoms with E-state index in [2.05, 4.69) is 5.32 Å². The highest BCUT2D eigenvalue weighted by molar-refractivity contribution is 7.16. The Morgan fingerprint density at radius 1 is 1.20 bits per heavy atom. The average Bonchev–Trinajstić information content (AvgIpc) is 2.82. The van der Waals surface area contributed by atoms with Crippen molar-refractivity contribution in [2.75, 3.05) is 6.54 Å². The Bertz CT molecular complexity index is 601. The first-order chi connectivity index (χ1) is 9.52. The smallest absolute Gasteiger partial charge is 0.142 e. The molecule has 1 nitrogen and oxygen atoms in total. The molecule has 0 saturated heterocycles. The molecule has 1 atom stereocenters. The normalized spacial score (nSPS) is 12.7. The third-order valence-corrected chi connectivity index (χ3v) is 4.41. The van der Waals surface area contributed by atoms with E-state index < -0.39 is 17.7 Å². The molecule has 2 rings (SSSR count). The number of benzene rings is 1. The Balaban J connectivity index is 2.43. The van der Waals surface area contributed by atoms with E-state index in [1.807, 2.05) is 13.0 Å².